The van der Waals surface area contributed by atoms with Crippen LogP contribution in [0.4, 0.5) is 0 Å². The summed E-state index contributed by atoms with van der Waals surface area (Å²) in [6.07, 6.45) is 0. The van der Waals surface area contributed by atoms with Gasteiger partial charge in [-0.25, -0.2) is 4.98 Å². The van der Waals surface area contributed by atoms with Gasteiger partial charge in [0.2, 0.25) is 0 Å². The van der Waals surface area contributed by atoms with Crippen molar-refractivity contribution >= 4 is 51.6 Å². The first-order valence-electron chi connectivity index (χ1n) is 18.5. The van der Waals surface area contributed by atoms with Crippen molar-refractivity contribution in [3.05, 3.63) is 212 Å². The summed E-state index contributed by atoms with van der Waals surface area (Å²) in [6, 6.07) is 76.4. The monoisotopic (exact) mass is 724 g/mol. The van der Waals surface area contributed by atoms with Crippen molar-refractivity contribution in [3.8, 4) is 39.1 Å². The van der Waals surface area contributed by atoms with E-state index in [1.165, 1.54) is 65.4 Å². The molecule has 9 aromatic rings. The van der Waals surface area contributed by atoms with Gasteiger partial charge >= 0.3 is 0 Å². The quantitative estimate of drug-likeness (QED) is 0.120. The third kappa shape index (κ3) is 5.54. The summed E-state index contributed by atoms with van der Waals surface area (Å²) in [5, 5.41) is 6.50. The Morgan fingerprint density at radius 2 is 0.926 bits per heavy atom. The first-order valence-corrected chi connectivity index (χ1v) is 21.5. The van der Waals surface area contributed by atoms with Crippen molar-refractivity contribution in [2.24, 2.45) is 0 Å². The Balaban J connectivity index is 1.21. The van der Waals surface area contributed by atoms with Crippen LogP contribution in [0.25, 0.3) is 50.1 Å². The van der Waals surface area contributed by atoms with E-state index in [1.807, 2.05) is 11.8 Å². The minimum atomic E-state index is -2.91. The molecule has 0 unspecified atom stereocenters. The Hall–Kier alpha value is -6.20. The van der Waals surface area contributed by atoms with Crippen molar-refractivity contribution in [3.63, 3.8) is 0 Å². The molecule has 1 aromatic heterocycles. The summed E-state index contributed by atoms with van der Waals surface area (Å²) < 4.78 is 2.33. The number of hydrogen-bond donors (Lipinski definition) is 0. The Morgan fingerprint density at radius 3 is 1.57 bits per heavy atom. The number of aromatic nitrogens is 2. The number of fused-ring (bicyclic) bond motifs is 5. The van der Waals surface area contributed by atoms with E-state index in [2.05, 4.69) is 211 Å². The number of para-hydroxylation sites is 2. The molecular formula is C50H36N2SSi. The molecule has 0 N–H and O–H groups in total. The normalized spacial score (nSPS) is 12.3. The number of thioether (sulfide) groups is 1. The molecule has 54 heavy (non-hydrogen) atoms. The van der Waals surface area contributed by atoms with Crippen molar-refractivity contribution in [2.45, 2.75) is 10.9 Å². The second-order valence-corrected chi connectivity index (χ2v) is 18.7. The smallest absolute Gasteiger partial charge is 0.179 e. The van der Waals surface area contributed by atoms with Gasteiger partial charge in [0.25, 0.3) is 0 Å². The van der Waals surface area contributed by atoms with Crippen molar-refractivity contribution in [1.29, 1.82) is 0 Å². The molecule has 0 spiro atoms. The lowest BCUT2D eigenvalue weighted by atomic mass is 9.99. The number of imidazole rings is 1. The lowest BCUT2D eigenvalue weighted by Gasteiger charge is -2.35. The van der Waals surface area contributed by atoms with E-state index in [9.17, 15) is 0 Å². The number of nitrogens with zero attached hydrogens (tertiary/aromatic N) is 2. The third-order valence-corrected chi connectivity index (χ3v) is 16.5. The van der Waals surface area contributed by atoms with Gasteiger partial charge in [0.1, 0.15) is 0 Å². The van der Waals surface area contributed by atoms with Crippen LogP contribution >= 0.6 is 11.8 Å². The first-order chi connectivity index (χ1) is 26.8. The summed E-state index contributed by atoms with van der Waals surface area (Å²) in [5.74, 6) is 0.896. The highest BCUT2D eigenvalue weighted by atomic mass is 32.2. The maximum atomic E-state index is 4.94. The molecule has 1 aliphatic heterocycles. The average molecular weight is 725 g/mol. The van der Waals surface area contributed by atoms with Gasteiger partial charge in [0.05, 0.1) is 16.7 Å². The third-order valence-electron chi connectivity index (χ3n) is 10.8. The maximum Gasteiger partial charge on any atom is 0.179 e. The van der Waals surface area contributed by atoms with Gasteiger partial charge in [0, 0.05) is 5.75 Å². The van der Waals surface area contributed by atoms with Crippen LogP contribution < -0.4 is 20.7 Å². The molecule has 2 heterocycles. The number of benzene rings is 8. The molecule has 4 heteroatoms. The summed E-state index contributed by atoms with van der Waals surface area (Å²) >= 11 is 1.82. The van der Waals surface area contributed by atoms with Gasteiger partial charge < -0.3 is 0 Å². The number of hydrogen-bond acceptors (Lipinski definition) is 2. The van der Waals surface area contributed by atoms with Crippen LogP contribution in [0, 0.1) is 0 Å². The predicted octanol–water partition coefficient (Wildman–Crippen LogP) is 10.0. The second kappa shape index (κ2) is 13.6. The average Bonchev–Trinajstić information content (AvgIpc) is 3.65. The highest BCUT2D eigenvalue weighted by Gasteiger charge is 2.42. The second-order valence-electron chi connectivity index (χ2n) is 13.9. The summed E-state index contributed by atoms with van der Waals surface area (Å²) in [4.78, 5) is 4.94. The van der Waals surface area contributed by atoms with E-state index < -0.39 is 8.07 Å². The summed E-state index contributed by atoms with van der Waals surface area (Å²) in [5.41, 5.74) is 12.1. The fraction of sp³-hybridized carbons (Fsp3) is 0.0200. The summed E-state index contributed by atoms with van der Waals surface area (Å²) in [7, 11) is -2.91. The molecule has 0 amide bonds. The lowest BCUT2D eigenvalue weighted by molar-refractivity contribution is 0.895. The zero-order valence-corrected chi connectivity index (χ0v) is 31.5. The van der Waals surface area contributed by atoms with Gasteiger partial charge in [0.15, 0.2) is 13.2 Å². The zero-order valence-electron chi connectivity index (χ0n) is 29.6. The molecule has 1 aliphatic rings. The Labute approximate surface area is 321 Å². The first kappa shape index (κ1) is 32.4. The van der Waals surface area contributed by atoms with Crippen molar-refractivity contribution in [2.75, 3.05) is 0 Å². The van der Waals surface area contributed by atoms with Gasteiger partial charge in [-0.05, 0) is 90.0 Å². The van der Waals surface area contributed by atoms with Gasteiger partial charge in [-0.3, -0.25) is 4.57 Å². The Bertz CT molecular complexity index is 2660. The van der Waals surface area contributed by atoms with Crippen LogP contribution in [0.2, 0.25) is 0 Å². The van der Waals surface area contributed by atoms with Gasteiger partial charge in [-0.1, -0.05) is 188 Å². The van der Waals surface area contributed by atoms with E-state index in [0.29, 0.717) is 0 Å². The van der Waals surface area contributed by atoms with E-state index in [0.717, 1.165) is 21.9 Å². The highest BCUT2D eigenvalue weighted by molar-refractivity contribution is 7.98. The SMILES string of the molecule is c1ccc(-c2cc(-c3ccccc3)cc([Si](c3ccccc3)(c3ccccc3)c3cccc(-c4ccc5c(c4)CSc4nc6ccccc6n4-5)c3)c2)cc1. The van der Waals surface area contributed by atoms with Crippen LogP contribution in [0.5, 0.6) is 0 Å². The topological polar surface area (TPSA) is 17.8 Å². The molecule has 0 saturated carbocycles. The molecule has 2 nitrogen and oxygen atoms in total. The molecule has 0 radical (unpaired) electrons. The van der Waals surface area contributed by atoms with E-state index in [1.54, 1.807) is 0 Å². The highest BCUT2D eigenvalue weighted by Crippen LogP contribution is 2.39. The molecule has 0 fully saturated rings. The van der Waals surface area contributed by atoms with Crippen molar-refractivity contribution in [1.82, 2.24) is 9.55 Å². The maximum absolute atomic E-state index is 4.94. The van der Waals surface area contributed by atoms with Crippen LogP contribution in [-0.2, 0) is 5.75 Å². The van der Waals surface area contributed by atoms with Gasteiger partial charge in [-0.2, -0.15) is 0 Å². The molecule has 0 bridgehead atoms. The fourth-order valence-corrected chi connectivity index (χ4v) is 14.2. The summed E-state index contributed by atoms with van der Waals surface area (Å²) in [6.45, 7) is 0. The molecule has 0 saturated heterocycles. The van der Waals surface area contributed by atoms with E-state index in [4.69, 9.17) is 4.98 Å². The lowest BCUT2D eigenvalue weighted by Crippen LogP contribution is -2.74. The van der Waals surface area contributed by atoms with E-state index >= 15 is 0 Å². The Morgan fingerprint density at radius 1 is 0.407 bits per heavy atom. The largest absolute Gasteiger partial charge is 0.287 e. The van der Waals surface area contributed by atoms with Gasteiger partial charge in [-0.15, -0.1) is 0 Å². The minimum absolute atomic E-state index is 0.896. The van der Waals surface area contributed by atoms with Crippen LogP contribution in [-0.4, -0.2) is 17.6 Å². The minimum Gasteiger partial charge on any atom is -0.287 e. The molecule has 256 valence electrons. The molecule has 10 rings (SSSR count). The zero-order chi connectivity index (χ0) is 35.9. The molecule has 8 aromatic carbocycles. The van der Waals surface area contributed by atoms with Crippen LogP contribution in [0.3, 0.4) is 0 Å². The standard InChI is InChI=1S/C50H36N2SSi/c1-5-16-36(17-6-1)40-31-41(37-18-7-2-8-19-37)34-46(33-40)54(43-21-9-3-10-22-43,44-23-11-4-12-24-44)45-25-15-20-38(32-45)39-28-29-48-42(30-39)35-53-50-51-47-26-13-14-27-49(47)52(48)50/h1-34H,35H2. The molecule has 0 aliphatic carbocycles. The number of rotatable bonds is 7. The van der Waals surface area contributed by atoms with Crippen LogP contribution in [0.15, 0.2) is 211 Å². The fourth-order valence-electron chi connectivity index (χ4n) is 8.32. The predicted molar refractivity (Wildman–Crippen MR) is 231 cm³/mol. The van der Waals surface area contributed by atoms with Crippen LogP contribution in [0.1, 0.15) is 5.56 Å². The van der Waals surface area contributed by atoms with E-state index in [-0.39, 0.29) is 0 Å². The Kier molecular flexibility index (Phi) is 8.20. The molecular weight excluding hydrogens is 689 g/mol. The molecule has 0 atom stereocenters. The van der Waals surface area contributed by atoms with Crippen molar-refractivity contribution < 1.29 is 0 Å².